The highest BCUT2D eigenvalue weighted by molar-refractivity contribution is 9.10. The van der Waals surface area contributed by atoms with Crippen molar-refractivity contribution in [3.05, 3.63) is 145 Å². The average molecular weight is 691 g/mol. The van der Waals surface area contributed by atoms with E-state index in [0.29, 0.717) is 41.0 Å². The maximum atomic E-state index is 14.5. The van der Waals surface area contributed by atoms with E-state index in [1.54, 1.807) is 42.5 Å². The lowest BCUT2D eigenvalue weighted by Crippen LogP contribution is -2.50. The molecule has 0 aromatic heterocycles. The number of amides is 1. The Balaban J connectivity index is 1.60. The van der Waals surface area contributed by atoms with Gasteiger partial charge in [0.25, 0.3) is 5.91 Å². The van der Waals surface area contributed by atoms with Gasteiger partial charge in [0, 0.05) is 40.9 Å². The lowest BCUT2D eigenvalue weighted by molar-refractivity contribution is -0.129. The van der Waals surface area contributed by atoms with E-state index in [9.17, 15) is 13.6 Å². The summed E-state index contributed by atoms with van der Waals surface area (Å²) < 4.78 is 40.7. The molecule has 1 amide bonds. The molecule has 4 aromatic rings. The van der Waals surface area contributed by atoms with Gasteiger partial charge in [-0.15, -0.1) is 0 Å². The summed E-state index contributed by atoms with van der Waals surface area (Å²) in [7, 11) is 0. The zero-order valence-corrected chi connectivity index (χ0v) is 26.2. The van der Waals surface area contributed by atoms with Crippen LogP contribution >= 0.6 is 15.9 Å². The number of azide groups is 1. The van der Waals surface area contributed by atoms with Gasteiger partial charge < -0.3 is 19.9 Å². The highest BCUT2D eigenvalue weighted by Gasteiger charge is 2.53. The molecule has 5 rings (SSSR count). The smallest absolute Gasteiger partial charge is 0.252 e. The van der Waals surface area contributed by atoms with Crippen molar-refractivity contribution in [2.75, 3.05) is 13.2 Å². The summed E-state index contributed by atoms with van der Waals surface area (Å²) in [6.07, 6.45) is -0.343. The van der Waals surface area contributed by atoms with Gasteiger partial charge in [0.2, 0.25) is 5.90 Å². The lowest BCUT2D eigenvalue weighted by Gasteiger charge is -2.32. The largest absolute Gasteiger partial charge is 0.494 e. The Morgan fingerprint density at radius 1 is 1.04 bits per heavy atom. The summed E-state index contributed by atoms with van der Waals surface area (Å²) in [6, 6.07) is 25.2. The number of halogens is 3. The quantitative estimate of drug-likeness (QED) is 0.0671. The van der Waals surface area contributed by atoms with Crippen molar-refractivity contribution in [2.45, 2.75) is 37.6 Å². The summed E-state index contributed by atoms with van der Waals surface area (Å²) in [6.45, 7) is 0.304. The zero-order valence-electron chi connectivity index (χ0n) is 24.6. The molecule has 0 saturated heterocycles. The molecule has 46 heavy (non-hydrogen) atoms. The van der Waals surface area contributed by atoms with Crippen molar-refractivity contribution in [3.8, 4) is 5.75 Å². The number of ether oxygens (including phenoxy) is 2. The molecular formula is C34H30BrF2N5O4. The molecule has 236 valence electrons. The van der Waals surface area contributed by atoms with Gasteiger partial charge in [-0.05, 0) is 76.3 Å². The first kappa shape index (κ1) is 32.6. The maximum absolute atomic E-state index is 14.5. The van der Waals surface area contributed by atoms with E-state index in [4.69, 9.17) is 25.1 Å². The molecule has 0 fully saturated rings. The molecule has 9 nitrogen and oxygen atoms in total. The van der Waals surface area contributed by atoms with Crippen LogP contribution in [0.15, 0.2) is 106 Å². The van der Waals surface area contributed by atoms with Crippen molar-refractivity contribution < 1.29 is 28.2 Å². The first-order valence-corrected chi connectivity index (χ1v) is 15.3. The fourth-order valence-corrected chi connectivity index (χ4v) is 5.46. The number of aliphatic imine (C=N–C) groups is 1. The topological polar surface area (TPSA) is 129 Å². The predicted octanol–water partition coefficient (Wildman–Crippen LogP) is 7.11. The minimum absolute atomic E-state index is 0.0177. The van der Waals surface area contributed by atoms with Crippen LogP contribution in [0.3, 0.4) is 0 Å². The number of hydrogen-bond acceptors (Lipinski definition) is 6. The first-order valence-electron chi connectivity index (χ1n) is 14.5. The Hall–Kier alpha value is -4.77. The van der Waals surface area contributed by atoms with Crippen LogP contribution in [0.2, 0.25) is 0 Å². The van der Waals surface area contributed by atoms with Crippen molar-refractivity contribution in [3.63, 3.8) is 0 Å². The van der Waals surface area contributed by atoms with Crippen LogP contribution in [-0.2, 0) is 29.0 Å². The fraction of sp³-hybridized carbons (Fsp3) is 0.235. The Morgan fingerprint density at radius 3 is 2.50 bits per heavy atom. The Labute approximate surface area is 272 Å². The molecule has 0 bridgehead atoms. The number of carbonyl (C=O) groups excluding carboxylic acids is 1. The van der Waals surface area contributed by atoms with E-state index in [0.717, 1.165) is 22.2 Å². The molecule has 1 heterocycles. The van der Waals surface area contributed by atoms with Crippen LogP contribution in [0.25, 0.3) is 10.4 Å². The predicted molar refractivity (Wildman–Crippen MR) is 172 cm³/mol. The molecule has 0 saturated carbocycles. The second-order valence-electron chi connectivity index (χ2n) is 10.6. The standard InChI is InChI=1S/C34H30BrF2N5O4/c35-26-11-6-22(7-12-26)19-34(33(44)39-20-23-8-15-29(36)30(37)18-23)31(28-5-2-1-4-25(28)21-40-42-38)46-32(41-34)24-9-13-27(14-10-24)45-17-3-16-43/h1-2,4-15,18,31,43H,3,16-17,19-21H2,(H,39,44)/t31-,34-/m1/s1. The van der Waals surface area contributed by atoms with E-state index >= 15 is 0 Å². The van der Waals surface area contributed by atoms with Gasteiger partial charge in [-0.25, -0.2) is 13.8 Å². The van der Waals surface area contributed by atoms with Gasteiger partial charge in [-0.1, -0.05) is 63.5 Å². The van der Waals surface area contributed by atoms with E-state index in [2.05, 4.69) is 31.3 Å². The molecule has 0 unspecified atom stereocenters. The van der Waals surface area contributed by atoms with Gasteiger partial charge in [0.15, 0.2) is 23.3 Å². The molecule has 0 aliphatic carbocycles. The monoisotopic (exact) mass is 689 g/mol. The Kier molecular flexibility index (Phi) is 10.6. The molecule has 0 radical (unpaired) electrons. The minimum Gasteiger partial charge on any atom is -0.494 e. The van der Waals surface area contributed by atoms with Crippen molar-refractivity contribution >= 4 is 27.7 Å². The van der Waals surface area contributed by atoms with E-state index in [1.807, 2.05) is 30.3 Å². The number of nitrogens with one attached hydrogen (secondary N) is 1. The summed E-state index contributed by atoms with van der Waals surface area (Å²) in [5.74, 6) is -1.69. The summed E-state index contributed by atoms with van der Waals surface area (Å²) in [5, 5.41) is 15.7. The molecule has 2 N–H and O–H groups in total. The zero-order chi connectivity index (χ0) is 32.5. The molecule has 12 heteroatoms. The third kappa shape index (κ3) is 7.54. The summed E-state index contributed by atoms with van der Waals surface area (Å²) in [5.41, 5.74) is 10.5. The van der Waals surface area contributed by atoms with Crippen LogP contribution in [0, 0.1) is 11.6 Å². The van der Waals surface area contributed by atoms with Gasteiger partial charge in [-0.2, -0.15) is 0 Å². The van der Waals surface area contributed by atoms with E-state index in [1.165, 1.54) is 6.07 Å². The van der Waals surface area contributed by atoms with Gasteiger partial charge in [-0.3, -0.25) is 4.79 Å². The van der Waals surface area contributed by atoms with Gasteiger partial charge in [0.05, 0.1) is 13.2 Å². The lowest BCUT2D eigenvalue weighted by atomic mass is 9.80. The molecule has 1 aliphatic heterocycles. The fourth-order valence-electron chi connectivity index (χ4n) is 5.20. The van der Waals surface area contributed by atoms with Gasteiger partial charge in [0.1, 0.15) is 5.75 Å². The minimum atomic E-state index is -1.56. The SMILES string of the molecule is [N-]=[N+]=NCc1ccccc1[C@H]1OC(c2ccc(OCCCO)cc2)=N[C@@]1(Cc1ccc(Br)cc1)C(=O)NCc1ccc(F)c(F)c1. The number of hydrogen-bond donors (Lipinski definition) is 2. The average Bonchev–Trinajstić information content (AvgIpc) is 3.46. The van der Waals surface area contributed by atoms with Crippen molar-refractivity contribution in [2.24, 2.45) is 10.1 Å². The number of carbonyl (C=O) groups is 1. The van der Waals surface area contributed by atoms with Crippen LogP contribution in [-0.4, -0.2) is 35.7 Å². The summed E-state index contributed by atoms with van der Waals surface area (Å²) in [4.78, 5) is 22.4. The molecule has 2 atom stereocenters. The van der Waals surface area contributed by atoms with Crippen LogP contribution in [0.5, 0.6) is 5.75 Å². The van der Waals surface area contributed by atoms with E-state index < -0.39 is 29.2 Å². The number of aliphatic hydroxyl groups is 1. The first-order chi connectivity index (χ1) is 22.3. The van der Waals surface area contributed by atoms with Crippen molar-refractivity contribution in [1.29, 1.82) is 0 Å². The van der Waals surface area contributed by atoms with Gasteiger partial charge >= 0.3 is 0 Å². The summed E-state index contributed by atoms with van der Waals surface area (Å²) >= 11 is 3.46. The van der Waals surface area contributed by atoms with Crippen molar-refractivity contribution in [1.82, 2.24) is 5.32 Å². The van der Waals surface area contributed by atoms with E-state index in [-0.39, 0.29) is 32.0 Å². The highest BCUT2D eigenvalue weighted by Crippen LogP contribution is 2.44. The second-order valence-corrected chi connectivity index (χ2v) is 11.5. The second kappa shape index (κ2) is 15.0. The molecule has 4 aromatic carbocycles. The third-order valence-corrected chi connectivity index (χ3v) is 8.02. The highest BCUT2D eigenvalue weighted by atomic mass is 79.9. The number of nitrogens with zero attached hydrogens (tertiary/aromatic N) is 4. The molecule has 1 aliphatic rings. The normalized spacial score (nSPS) is 17.0. The van der Waals surface area contributed by atoms with Crippen LogP contribution in [0.4, 0.5) is 8.78 Å². The van der Waals surface area contributed by atoms with Crippen LogP contribution < -0.4 is 10.1 Å². The molecule has 0 spiro atoms. The number of rotatable bonds is 13. The Morgan fingerprint density at radius 2 is 1.78 bits per heavy atom. The number of aliphatic hydroxyl groups excluding tert-OH is 1. The number of benzene rings is 4. The molecular weight excluding hydrogens is 660 g/mol. The Bertz CT molecular complexity index is 1760. The third-order valence-electron chi connectivity index (χ3n) is 7.50. The maximum Gasteiger partial charge on any atom is 0.252 e. The van der Waals surface area contributed by atoms with Crippen LogP contribution in [0.1, 0.15) is 40.3 Å².